The molecular formula is C13H18O2S. The van der Waals surface area contributed by atoms with Crippen molar-refractivity contribution in [1.82, 2.24) is 0 Å². The molecule has 88 valence electrons. The van der Waals surface area contributed by atoms with Gasteiger partial charge in [-0.1, -0.05) is 27.2 Å². The van der Waals surface area contributed by atoms with Gasteiger partial charge in [0, 0.05) is 15.7 Å². The highest BCUT2D eigenvalue weighted by Crippen LogP contribution is 2.65. The SMILES string of the molecule is CCCc1ccc([C@@H]2[C@@H](C(=O)O)C2(C)C)s1. The van der Waals surface area contributed by atoms with E-state index in [0.29, 0.717) is 0 Å². The highest BCUT2D eigenvalue weighted by atomic mass is 32.1. The van der Waals surface area contributed by atoms with Crippen LogP contribution in [0.1, 0.15) is 42.9 Å². The van der Waals surface area contributed by atoms with Crippen LogP contribution in [0.2, 0.25) is 0 Å². The first-order chi connectivity index (χ1) is 7.48. The molecule has 1 N–H and O–H groups in total. The van der Waals surface area contributed by atoms with Gasteiger partial charge >= 0.3 is 5.97 Å². The van der Waals surface area contributed by atoms with E-state index < -0.39 is 5.97 Å². The molecule has 2 nitrogen and oxygen atoms in total. The molecule has 0 radical (unpaired) electrons. The largest absolute Gasteiger partial charge is 0.481 e. The maximum absolute atomic E-state index is 11.1. The van der Waals surface area contributed by atoms with Crippen LogP contribution >= 0.6 is 11.3 Å². The van der Waals surface area contributed by atoms with Crippen LogP contribution in [-0.2, 0) is 11.2 Å². The van der Waals surface area contributed by atoms with Gasteiger partial charge in [0.1, 0.15) is 0 Å². The fourth-order valence-corrected chi connectivity index (χ4v) is 4.02. The van der Waals surface area contributed by atoms with Crippen molar-refractivity contribution < 1.29 is 9.90 Å². The number of hydrogen-bond donors (Lipinski definition) is 1. The van der Waals surface area contributed by atoms with Crippen LogP contribution in [-0.4, -0.2) is 11.1 Å². The number of thiophene rings is 1. The Morgan fingerprint density at radius 1 is 1.50 bits per heavy atom. The van der Waals surface area contributed by atoms with Crippen molar-refractivity contribution in [2.24, 2.45) is 11.3 Å². The molecule has 0 aromatic carbocycles. The molecule has 0 aliphatic heterocycles. The molecule has 0 bridgehead atoms. The van der Waals surface area contributed by atoms with Gasteiger partial charge in [0.15, 0.2) is 0 Å². The van der Waals surface area contributed by atoms with Crippen LogP contribution < -0.4 is 0 Å². The topological polar surface area (TPSA) is 37.3 Å². The highest BCUT2D eigenvalue weighted by Gasteiger charge is 2.63. The fourth-order valence-electron chi connectivity index (χ4n) is 2.57. The molecule has 2 rings (SSSR count). The molecule has 0 amide bonds. The summed E-state index contributed by atoms with van der Waals surface area (Å²) in [5.74, 6) is -0.623. The van der Waals surface area contributed by atoms with Crippen LogP contribution in [0.4, 0.5) is 0 Å². The molecule has 0 spiro atoms. The molecule has 1 aliphatic rings. The van der Waals surface area contributed by atoms with E-state index in [0.717, 1.165) is 12.8 Å². The smallest absolute Gasteiger partial charge is 0.307 e. The maximum Gasteiger partial charge on any atom is 0.307 e. The summed E-state index contributed by atoms with van der Waals surface area (Å²) in [6, 6.07) is 4.27. The lowest BCUT2D eigenvalue weighted by molar-refractivity contribution is -0.139. The van der Waals surface area contributed by atoms with Gasteiger partial charge in [-0.2, -0.15) is 0 Å². The van der Waals surface area contributed by atoms with Gasteiger partial charge in [-0.15, -0.1) is 11.3 Å². The standard InChI is InChI=1S/C13H18O2S/c1-4-5-8-6-7-9(16-8)10-11(12(14)15)13(10,2)3/h6-7,10-11H,4-5H2,1-3H3,(H,14,15)/t10-,11+/m1/s1. The van der Waals surface area contributed by atoms with Gasteiger partial charge in [-0.05, 0) is 24.0 Å². The van der Waals surface area contributed by atoms with E-state index in [1.54, 1.807) is 11.3 Å². The molecule has 1 aliphatic carbocycles. The van der Waals surface area contributed by atoms with Crippen molar-refractivity contribution in [3.05, 3.63) is 21.9 Å². The third kappa shape index (κ3) is 1.77. The molecule has 0 saturated heterocycles. The van der Waals surface area contributed by atoms with Crippen molar-refractivity contribution in [3.63, 3.8) is 0 Å². The Kier molecular flexibility index (Phi) is 2.82. The molecule has 0 unspecified atom stereocenters. The molecule has 1 saturated carbocycles. The minimum Gasteiger partial charge on any atom is -0.481 e. The molecule has 1 aromatic rings. The Hall–Kier alpha value is -0.830. The van der Waals surface area contributed by atoms with Gasteiger partial charge in [-0.3, -0.25) is 4.79 Å². The van der Waals surface area contributed by atoms with Gasteiger partial charge in [-0.25, -0.2) is 0 Å². The maximum atomic E-state index is 11.1. The molecule has 1 heterocycles. The second-order valence-electron chi connectivity index (χ2n) is 5.17. The number of carboxylic acid groups (broad SMARTS) is 1. The molecule has 1 aromatic heterocycles. The summed E-state index contributed by atoms with van der Waals surface area (Å²) in [6.07, 6.45) is 2.26. The third-order valence-corrected chi connectivity index (χ3v) is 4.81. The highest BCUT2D eigenvalue weighted by molar-refractivity contribution is 7.12. The molecular weight excluding hydrogens is 220 g/mol. The molecule has 3 heteroatoms. The van der Waals surface area contributed by atoms with E-state index in [4.69, 9.17) is 5.11 Å². The first-order valence-corrected chi connectivity index (χ1v) is 6.61. The van der Waals surface area contributed by atoms with Crippen molar-refractivity contribution in [3.8, 4) is 0 Å². The lowest BCUT2D eigenvalue weighted by atomic mass is 10.1. The number of aryl methyl sites for hydroxylation is 1. The van der Waals surface area contributed by atoms with E-state index >= 15 is 0 Å². The summed E-state index contributed by atoms with van der Waals surface area (Å²) < 4.78 is 0. The van der Waals surface area contributed by atoms with E-state index in [-0.39, 0.29) is 17.3 Å². The Morgan fingerprint density at radius 2 is 2.19 bits per heavy atom. The monoisotopic (exact) mass is 238 g/mol. The van der Waals surface area contributed by atoms with Gasteiger partial charge in [0.2, 0.25) is 0 Å². The minimum atomic E-state index is -0.652. The van der Waals surface area contributed by atoms with E-state index in [2.05, 4.69) is 32.9 Å². The first kappa shape index (κ1) is 11.6. The van der Waals surface area contributed by atoms with Crippen molar-refractivity contribution >= 4 is 17.3 Å². The Morgan fingerprint density at radius 3 is 2.69 bits per heavy atom. The van der Waals surface area contributed by atoms with E-state index in [1.807, 2.05) is 0 Å². The predicted octanol–water partition coefficient (Wildman–Crippen LogP) is 3.52. The zero-order chi connectivity index (χ0) is 11.9. The van der Waals surface area contributed by atoms with Crippen LogP contribution in [0.5, 0.6) is 0 Å². The van der Waals surface area contributed by atoms with Crippen LogP contribution in [0.25, 0.3) is 0 Å². The average molecular weight is 238 g/mol. The Balaban J connectivity index is 2.17. The summed E-state index contributed by atoms with van der Waals surface area (Å²) in [5.41, 5.74) is -0.0693. The molecule has 1 fully saturated rings. The quantitative estimate of drug-likeness (QED) is 0.871. The van der Waals surface area contributed by atoms with E-state index in [1.165, 1.54) is 9.75 Å². The molecule has 16 heavy (non-hydrogen) atoms. The van der Waals surface area contributed by atoms with Crippen molar-refractivity contribution in [2.75, 3.05) is 0 Å². The van der Waals surface area contributed by atoms with Crippen LogP contribution in [0, 0.1) is 11.3 Å². The molecule has 2 atom stereocenters. The lowest BCUT2D eigenvalue weighted by Gasteiger charge is -1.98. The minimum absolute atomic E-state index is 0.0693. The normalized spacial score (nSPS) is 26.7. The second kappa shape index (κ2) is 3.88. The van der Waals surface area contributed by atoms with Gasteiger partial charge < -0.3 is 5.11 Å². The number of aliphatic carboxylic acids is 1. The fraction of sp³-hybridized carbons (Fsp3) is 0.615. The van der Waals surface area contributed by atoms with E-state index in [9.17, 15) is 4.79 Å². The number of carbonyl (C=O) groups is 1. The average Bonchev–Trinajstić information content (AvgIpc) is 2.57. The Bertz CT molecular complexity index is 406. The number of rotatable bonds is 4. The Labute approximate surface area is 100 Å². The van der Waals surface area contributed by atoms with Crippen molar-refractivity contribution in [1.29, 1.82) is 0 Å². The summed E-state index contributed by atoms with van der Waals surface area (Å²) in [7, 11) is 0. The van der Waals surface area contributed by atoms with Gasteiger partial charge in [0.05, 0.1) is 5.92 Å². The third-order valence-electron chi connectivity index (χ3n) is 3.58. The van der Waals surface area contributed by atoms with Crippen LogP contribution in [0.15, 0.2) is 12.1 Å². The van der Waals surface area contributed by atoms with Crippen LogP contribution in [0.3, 0.4) is 0 Å². The first-order valence-electron chi connectivity index (χ1n) is 5.80. The number of carboxylic acids is 1. The second-order valence-corrected chi connectivity index (χ2v) is 6.37. The summed E-state index contributed by atoms with van der Waals surface area (Å²) in [6.45, 7) is 6.27. The zero-order valence-electron chi connectivity index (χ0n) is 9.99. The zero-order valence-corrected chi connectivity index (χ0v) is 10.8. The summed E-state index contributed by atoms with van der Waals surface area (Å²) in [4.78, 5) is 13.7. The van der Waals surface area contributed by atoms with Crippen molar-refractivity contribution in [2.45, 2.75) is 39.5 Å². The van der Waals surface area contributed by atoms with Gasteiger partial charge in [0.25, 0.3) is 0 Å². The summed E-state index contributed by atoms with van der Waals surface area (Å²) in [5, 5.41) is 9.14. The number of hydrogen-bond acceptors (Lipinski definition) is 2. The summed E-state index contributed by atoms with van der Waals surface area (Å²) >= 11 is 1.79. The lowest BCUT2D eigenvalue weighted by Crippen LogP contribution is -2.02. The predicted molar refractivity (Wildman–Crippen MR) is 66.0 cm³/mol.